The Morgan fingerprint density at radius 1 is 1.25 bits per heavy atom. The minimum atomic E-state index is -0.302. The van der Waals surface area contributed by atoms with Crippen LogP contribution in [0.15, 0.2) is 35.7 Å². The maximum Gasteiger partial charge on any atom is 0.339 e. The van der Waals surface area contributed by atoms with Gasteiger partial charge in [0.15, 0.2) is 0 Å². The molecule has 0 atom stereocenters. The van der Waals surface area contributed by atoms with Gasteiger partial charge in [0.1, 0.15) is 17.4 Å². The van der Waals surface area contributed by atoms with Crippen LogP contribution in [0, 0.1) is 13.8 Å². The number of rotatable bonds is 5. The van der Waals surface area contributed by atoms with E-state index in [-0.39, 0.29) is 12.6 Å². The second-order valence-electron chi connectivity index (χ2n) is 5.25. The van der Waals surface area contributed by atoms with Crippen LogP contribution in [-0.4, -0.2) is 18.1 Å². The molecule has 0 aliphatic carbocycles. The van der Waals surface area contributed by atoms with Gasteiger partial charge in [-0.3, -0.25) is 0 Å². The summed E-state index contributed by atoms with van der Waals surface area (Å²) in [6, 6.07) is 9.59. The third-order valence-electron chi connectivity index (χ3n) is 3.50. The van der Waals surface area contributed by atoms with Crippen molar-refractivity contribution in [3.8, 4) is 16.3 Å². The minimum absolute atomic E-state index is 0.165. The second kappa shape index (κ2) is 7.15. The lowest BCUT2D eigenvalue weighted by Gasteiger charge is -2.05. The van der Waals surface area contributed by atoms with Crippen molar-refractivity contribution in [2.75, 3.05) is 7.11 Å². The van der Waals surface area contributed by atoms with Crippen molar-refractivity contribution in [3.05, 3.63) is 56.7 Å². The van der Waals surface area contributed by atoms with E-state index < -0.39 is 0 Å². The van der Waals surface area contributed by atoms with Crippen molar-refractivity contribution in [2.24, 2.45) is 0 Å². The van der Waals surface area contributed by atoms with Crippen LogP contribution >= 0.6 is 22.7 Å². The maximum absolute atomic E-state index is 12.2. The first kappa shape index (κ1) is 16.7. The van der Waals surface area contributed by atoms with Crippen molar-refractivity contribution in [1.82, 2.24) is 4.98 Å². The van der Waals surface area contributed by atoms with E-state index in [0.29, 0.717) is 5.56 Å². The quantitative estimate of drug-likeness (QED) is 0.611. The topological polar surface area (TPSA) is 48.4 Å². The number of thiophene rings is 1. The molecule has 1 aromatic carbocycles. The van der Waals surface area contributed by atoms with E-state index in [1.54, 1.807) is 18.4 Å². The molecular weight excluding hydrogens is 342 g/mol. The molecule has 0 bridgehead atoms. The van der Waals surface area contributed by atoms with Gasteiger partial charge in [0, 0.05) is 15.1 Å². The van der Waals surface area contributed by atoms with Gasteiger partial charge >= 0.3 is 5.97 Å². The van der Waals surface area contributed by atoms with E-state index in [1.807, 2.05) is 49.6 Å². The molecule has 3 aromatic rings. The summed E-state index contributed by atoms with van der Waals surface area (Å²) in [6.07, 6.45) is 0. The van der Waals surface area contributed by atoms with E-state index in [2.05, 4.69) is 4.98 Å². The number of thiazole rings is 1. The average molecular weight is 359 g/mol. The molecule has 0 saturated carbocycles. The summed E-state index contributed by atoms with van der Waals surface area (Å²) in [5.74, 6) is 0.475. The molecule has 2 heterocycles. The van der Waals surface area contributed by atoms with Crippen molar-refractivity contribution < 1.29 is 14.3 Å². The third kappa shape index (κ3) is 3.49. The first-order valence-corrected chi connectivity index (χ1v) is 9.10. The highest BCUT2D eigenvalue weighted by atomic mass is 32.1. The number of hydrogen-bond acceptors (Lipinski definition) is 6. The van der Waals surface area contributed by atoms with Crippen LogP contribution in [0.1, 0.15) is 25.8 Å². The molecule has 0 aliphatic rings. The molecule has 0 fully saturated rings. The number of hydrogen-bond donors (Lipinski definition) is 0. The van der Waals surface area contributed by atoms with Crippen molar-refractivity contribution in [2.45, 2.75) is 20.5 Å². The van der Waals surface area contributed by atoms with Gasteiger partial charge in [0.25, 0.3) is 0 Å². The van der Waals surface area contributed by atoms with E-state index in [1.165, 1.54) is 11.3 Å². The van der Waals surface area contributed by atoms with E-state index >= 15 is 0 Å². The van der Waals surface area contributed by atoms with Gasteiger partial charge in [0.2, 0.25) is 0 Å². The Morgan fingerprint density at radius 2 is 2.04 bits per heavy atom. The Balaban J connectivity index is 1.70. The predicted octanol–water partition coefficient (Wildman–Crippen LogP) is 4.85. The summed E-state index contributed by atoms with van der Waals surface area (Å²) >= 11 is 3.10. The molecule has 0 N–H and O–H groups in total. The van der Waals surface area contributed by atoms with Crippen molar-refractivity contribution in [3.63, 3.8) is 0 Å². The zero-order valence-corrected chi connectivity index (χ0v) is 15.3. The number of esters is 1. The Labute approximate surface area is 148 Å². The lowest BCUT2D eigenvalue weighted by molar-refractivity contribution is 0.0468. The van der Waals surface area contributed by atoms with Crippen molar-refractivity contribution in [1.29, 1.82) is 0 Å². The average Bonchev–Trinajstić information content (AvgIpc) is 3.18. The number of methoxy groups -OCH3 is 1. The lowest BCUT2D eigenvalue weighted by Crippen LogP contribution is -2.05. The summed E-state index contributed by atoms with van der Waals surface area (Å²) in [7, 11) is 1.64. The smallest absolute Gasteiger partial charge is 0.339 e. The molecule has 0 radical (unpaired) electrons. The molecule has 0 unspecified atom stereocenters. The zero-order chi connectivity index (χ0) is 17.1. The molecular formula is C18H17NO3S2. The number of aromatic nitrogens is 1. The first-order valence-electron chi connectivity index (χ1n) is 7.40. The molecule has 124 valence electrons. The van der Waals surface area contributed by atoms with Crippen LogP contribution in [0.2, 0.25) is 0 Å². The maximum atomic E-state index is 12.2. The Bertz CT molecular complexity index is 867. The van der Waals surface area contributed by atoms with E-state index in [0.717, 1.165) is 31.8 Å². The highest BCUT2D eigenvalue weighted by Gasteiger charge is 2.15. The van der Waals surface area contributed by atoms with Gasteiger partial charge < -0.3 is 9.47 Å². The standard InChI is InChI=1S/C18H17NO3S2/c1-11-8-15(12(2)24-11)18(20)22-9-13-10-23-17(19-13)14-6-4-5-7-16(14)21-3/h4-8,10H,9H2,1-3H3. The number of ether oxygens (including phenoxy) is 2. The van der Waals surface area contributed by atoms with Gasteiger partial charge in [-0.1, -0.05) is 12.1 Å². The molecule has 3 rings (SSSR count). The summed E-state index contributed by atoms with van der Waals surface area (Å²) in [6.45, 7) is 4.07. The van der Waals surface area contributed by atoms with Crippen LogP contribution in [0.5, 0.6) is 5.75 Å². The SMILES string of the molecule is COc1ccccc1-c1nc(COC(=O)c2cc(C)sc2C)cs1. The summed E-state index contributed by atoms with van der Waals surface area (Å²) < 4.78 is 10.8. The Hall–Kier alpha value is -2.18. The lowest BCUT2D eigenvalue weighted by atomic mass is 10.2. The highest BCUT2D eigenvalue weighted by Crippen LogP contribution is 2.32. The minimum Gasteiger partial charge on any atom is -0.496 e. The van der Waals surface area contributed by atoms with Crippen LogP contribution in [-0.2, 0) is 11.3 Å². The fourth-order valence-electron chi connectivity index (χ4n) is 2.37. The number of nitrogens with zero attached hydrogens (tertiary/aromatic N) is 1. The van der Waals surface area contributed by atoms with Gasteiger partial charge in [-0.2, -0.15) is 0 Å². The number of benzene rings is 1. The van der Waals surface area contributed by atoms with E-state index in [4.69, 9.17) is 9.47 Å². The zero-order valence-electron chi connectivity index (χ0n) is 13.7. The molecule has 4 nitrogen and oxygen atoms in total. The monoisotopic (exact) mass is 359 g/mol. The molecule has 0 amide bonds. The number of aryl methyl sites for hydroxylation is 2. The second-order valence-corrected chi connectivity index (χ2v) is 7.57. The van der Waals surface area contributed by atoms with Crippen LogP contribution in [0.4, 0.5) is 0 Å². The van der Waals surface area contributed by atoms with Gasteiger partial charge in [-0.25, -0.2) is 9.78 Å². The summed E-state index contributed by atoms with van der Waals surface area (Å²) in [5, 5.41) is 2.75. The summed E-state index contributed by atoms with van der Waals surface area (Å²) in [4.78, 5) is 18.8. The Morgan fingerprint density at radius 3 is 2.75 bits per heavy atom. The normalized spacial score (nSPS) is 10.6. The molecule has 0 aliphatic heterocycles. The van der Waals surface area contributed by atoms with Gasteiger partial charge in [-0.15, -0.1) is 22.7 Å². The molecule has 24 heavy (non-hydrogen) atoms. The molecule has 6 heteroatoms. The predicted molar refractivity (Wildman–Crippen MR) is 97.0 cm³/mol. The van der Waals surface area contributed by atoms with Crippen LogP contribution in [0.25, 0.3) is 10.6 Å². The number of carbonyl (C=O) groups is 1. The van der Waals surface area contributed by atoms with E-state index in [9.17, 15) is 4.79 Å². The van der Waals surface area contributed by atoms with Crippen molar-refractivity contribution >= 4 is 28.6 Å². The third-order valence-corrected chi connectivity index (χ3v) is 5.39. The summed E-state index contributed by atoms with van der Waals surface area (Å²) in [5.41, 5.74) is 2.31. The van der Waals surface area contributed by atoms with Gasteiger partial charge in [0.05, 0.1) is 23.9 Å². The molecule has 0 saturated heterocycles. The highest BCUT2D eigenvalue weighted by molar-refractivity contribution is 7.13. The number of carbonyl (C=O) groups excluding carboxylic acids is 1. The molecule has 2 aromatic heterocycles. The van der Waals surface area contributed by atoms with Gasteiger partial charge in [-0.05, 0) is 32.0 Å². The number of para-hydroxylation sites is 1. The largest absolute Gasteiger partial charge is 0.496 e. The van der Waals surface area contributed by atoms with Crippen LogP contribution in [0.3, 0.4) is 0 Å². The molecule has 0 spiro atoms. The fraction of sp³-hybridized carbons (Fsp3) is 0.222. The Kier molecular flexibility index (Phi) is 4.97. The van der Waals surface area contributed by atoms with Crippen LogP contribution < -0.4 is 4.74 Å². The first-order chi connectivity index (χ1) is 11.6. The fourth-order valence-corrected chi connectivity index (χ4v) is 4.11.